The SMILES string of the molecule is FC(F)(F)c1cc(C=C2CNCS2)ccc1OCCC1CCCCC1. The van der Waals surface area contributed by atoms with E-state index in [-0.39, 0.29) is 5.75 Å². The molecule has 0 unspecified atom stereocenters. The lowest BCUT2D eigenvalue weighted by Crippen LogP contribution is -2.13. The van der Waals surface area contributed by atoms with Gasteiger partial charge in [0.25, 0.3) is 0 Å². The summed E-state index contributed by atoms with van der Waals surface area (Å²) < 4.78 is 45.7. The minimum absolute atomic E-state index is 0.0531. The maximum Gasteiger partial charge on any atom is 0.419 e. The van der Waals surface area contributed by atoms with Crippen molar-refractivity contribution in [2.75, 3.05) is 19.0 Å². The molecule has 0 spiro atoms. The molecule has 0 bridgehead atoms. The van der Waals surface area contributed by atoms with Crippen molar-refractivity contribution in [3.05, 3.63) is 34.2 Å². The molecule has 2 fully saturated rings. The monoisotopic (exact) mass is 371 g/mol. The van der Waals surface area contributed by atoms with Crippen molar-refractivity contribution >= 4 is 17.8 Å². The second-order valence-corrected chi connectivity index (χ2v) is 7.82. The van der Waals surface area contributed by atoms with Gasteiger partial charge >= 0.3 is 6.18 Å². The Bertz CT molecular complexity index is 601. The lowest BCUT2D eigenvalue weighted by atomic mass is 9.87. The van der Waals surface area contributed by atoms with Gasteiger partial charge in [-0.05, 0) is 36.1 Å². The molecule has 1 aromatic carbocycles. The molecule has 2 nitrogen and oxygen atoms in total. The molecule has 1 heterocycles. The van der Waals surface area contributed by atoms with E-state index in [9.17, 15) is 13.2 Å². The van der Waals surface area contributed by atoms with E-state index in [1.165, 1.54) is 44.2 Å². The summed E-state index contributed by atoms with van der Waals surface area (Å²) in [5, 5.41) is 3.16. The molecule has 0 atom stereocenters. The number of rotatable bonds is 5. The van der Waals surface area contributed by atoms with Crippen molar-refractivity contribution in [1.82, 2.24) is 5.32 Å². The highest BCUT2D eigenvalue weighted by atomic mass is 32.2. The topological polar surface area (TPSA) is 21.3 Å². The van der Waals surface area contributed by atoms with Crippen molar-refractivity contribution < 1.29 is 17.9 Å². The predicted molar refractivity (Wildman–Crippen MR) is 96.6 cm³/mol. The van der Waals surface area contributed by atoms with Crippen LogP contribution in [0.25, 0.3) is 6.08 Å². The minimum Gasteiger partial charge on any atom is -0.493 e. The van der Waals surface area contributed by atoms with Gasteiger partial charge < -0.3 is 10.1 Å². The first kappa shape index (κ1) is 18.6. The summed E-state index contributed by atoms with van der Waals surface area (Å²) in [6, 6.07) is 4.36. The molecular formula is C19H24F3NOS. The molecular weight excluding hydrogens is 347 g/mol. The third-order valence-electron chi connectivity index (χ3n) is 4.80. The summed E-state index contributed by atoms with van der Waals surface area (Å²) in [6.45, 7) is 1.07. The van der Waals surface area contributed by atoms with E-state index in [4.69, 9.17) is 4.74 Å². The Kier molecular flexibility index (Phi) is 6.34. The van der Waals surface area contributed by atoms with Gasteiger partial charge in [-0.2, -0.15) is 13.2 Å². The molecule has 138 valence electrons. The van der Waals surface area contributed by atoms with Gasteiger partial charge in [-0.15, -0.1) is 11.8 Å². The van der Waals surface area contributed by atoms with E-state index in [0.29, 0.717) is 24.6 Å². The van der Waals surface area contributed by atoms with Crippen LogP contribution in [0, 0.1) is 5.92 Å². The lowest BCUT2D eigenvalue weighted by Gasteiger charge is -2.22. The first-order valence-electron chi connectivity index (χ1n) is 8.90. The fourth-order valence-electron chi connectivity index (χ4n) is 3.44. The van der Waals surface area contributed by atoms with Gasteiger partial charge in [0.2, 0.25) is 0 Å². The Morgan fingerprint density at radius 1 is 1.20 bits per heavy atom. The number of hydrogen-bond acceptors (Lipinski definition) is 3. The van der Waals surface area contributed by atoms with Crippen LogP contribution in [0.4, 0.5) is 13.2 Å². The maximum atomic E-state index is 13.4. The summed E-state index contributed by atoms with van der Waals surface area (Å²) >= 11 is 1.62. The second kappa shape index (κ2) is 8.49. The van der Waals surface area contributed by atoms with E-state index in [2.05, 4.69) is 5.32 Å². The summed E-state index contributed by atoms with van der Waals surface area (Å²) in [7, 11) is 0. The Morgan fingerprint density at radius 3 is 2.68 bits per heavy atom. The standard InChI is InChI=1S/C19H24F3NOS/c20-19(21,22)17-11-15(10-16-12-23-13-25-16)6-7-18(17)24-9-8-14-4-2-1-3-5-14/h6-7,10-11,14,23H,1-5,8-9,12-13H2. The minimum atomic E-state index is -4.41. The van der Waals surface area contributed by atoms with Gasteiger partial charge in [0.15, 0.2) is 0 Å². The number of hydrogen-bond donors (Lipinski definition) is 1. The zero-order chi connectivity index (χ0) is 17.7. The number of benzene rings is 1. The highest BCUT2D eigenvalue weighted by Crippen LogP contribution is 2.38. The van der Waals surface area contributed by atoms with Crippen molar-refractivity contribution in [3.8, 4) is 5.75 Å². The van der Waals surface area contributed by atoms with E-state index < -0.39 is 11.7 Å². The number of alkyl halides is 3. The molecule has 1 aliphatic heterocycles. The van der Waals surface area contributed by atoms with Crippen LogP contribution >= 0.6 is 11.8 Å². The van der Waals surface area contributed by atoms with Crippen molar-refractivity contribution in [2.24, 2.45) is 5.92 Å². The number of nitrogens with one attached hydrogen (secondary N) is 1. The summed E-state index contributed by atoms with van der Waals surface area (Å²) in [4.78, 5) is 1.05. The van der Waals surface area contributed by atoms with Crippen molar-refractivity contribution in [3.63, 3.8) is 0 Å². The first-order valence-corrected chi connectivity index (χ1v) is 9.89. The van der Waals surface area contributed by atoms with Gasteiger partial charge in [-0.1, -0.05) is 38.2 Å². The molecule has 3 rings (SSSR count). The van der Waals surface area contributed by atoms with E-state index in [0.717, 1.165) is 17.2 Å². The van der Waals surface area contributed by atoms with Gasteiger partial charge in [-0.3, -0.25) is 0 Å². The smallest absolute Gasteiger partial charge is 0.419 e. The van der Waals surface area contributed by atoms with Crippen molar-refractivity contribution in [1.29, 1.82) is 0 Å². The first-order chi connectivity index (χ1) is 12.0. The van der Waals surface area contributed by atoms with Crippen LogP contribution in [-0.2, 0) is 6.18 Å². The third kappa shape index (κ3) is 5.42. The highest BCUT2D eigenvalue weighted by molar-refractivity contribution is 8.03. The average molecular weight is 371 g/mol. The summed E-state index contributed by atoms with van der Waals surface area (Å²) in [5.41, 5.74) is -0.111. The normalized spacial score (nSPS) is 21.0. The average Bonchev–Trinajstić information content (AvgIpc) is 3.09. The number of ether oxygens (including phenoxy) is 1. The van der Waals surface area contributed by atoms with Crippen LogP contribution in [-0.4, -0.2) is 19.0 Å². The Hall–Kier alpha value is -1.14. The molecule has 1 saturated heterocycles. The summed E-state index contributed by atoms with van der Waals surface area (Å²) in [6.07, 6.45) is 4.33. The van der Waals surface area contributed by atoms with Gasteiger partial charge in [0.05, 0.1) is 12.2 Å². The van der Waals surface area contributed by atoms with Crippen LogP contribution in [0.5, 0.6) is 5.75 Å². The van der Waals surface area contributed by atoms with Gasteiger partial charge in [0.1, 0.15) is 5.75 Å². The Morgan fingerprint density at radius 2 is 2.00 bits per heavy atom. The maximum absolute atomic E-state index is 13.4. The molecule has 0 aromatic heterocycles. The molecule has 6 heteroatoms. The quantitative estimate of drug-likeness (QED) is 0.718. The van der Waals surface area contributed by atoms with Gasteiger partial charge in [0, 0.05) is 17.3 Å². The molecule has 2 aliphatic rings. The van der Waals surface area contributed by atoms with Crippen LogP contribution < -0.4 is 10.1 Å². The van der Waals surface area contributed by atoms with Crippen molar-refractivity contribution in [2.45, 2.75) is 44.7 Å². The lowest BCUT2D eigenvalue weighted by molar-refractivity contribution is -0.139. The van der Waals surface area contributed by atoms with Gasteiger partial charge in [-0.25, -0.2) is 0 Å². The summed E-state index contributed by atoms with van der Waals surface area (Å²) in [5.74, 6) is 1.35. The fourth-order valence-corrected chi connectivity index (χ4v) is 4.26. The van der Waals surface area contributed by atoms with E-state index in [1.807, 2.05) is 6.08 Å². The molecule has 1 saturated carbocycles. The molecule has 0 radical (unpaired) electrons. The molecule has 1 aromatic rings. The van der Waals surface area contributed by atoms with Crippen LogP contribution in [0.15, 0.2) is 23.1 Å². The predicted octanol–water partition coefficient (Wildman–Crippen LogP) is 5.69. The molecule has 1 N–H and O–H groups in total. The van der Waals surface area contributed by atoms with Crippen LogP contribution in [0.2, 0.25) is 0 Å². The van der Waals surface area contributed by atoms with E-state index in [1.54, 1.807) is 17.8 Å². The zero-order valence-electron chi connectivity index (χ0n) is 14.2. The van der Waals surface area contributed by atoms with Crippen LogP contribution in [0.3, 0.4) is 0 Å². The number of thioether (sulfide) groups is 1. The molecule has 0 amide bonds. The Labute approximate surface area is 151 Å². The zero-order valence-corrected chi connectivity index (χ0v) is 15.0. The molecule has 25 heavy (non-hydrogen) atoms. The van der Waals surface area contributed by atoms with E-state index >= 15 is 0 Å². The largest absolute Gasteiger partial charge is 0.493 e. The highest BCUT2D eigenvalue weighted by Gasteiger charge is 2.34. The molecule has 1 aliphatic carbocycles. The third-order valence-corrected chi connectivity index (χ3v) is 5.79. The fraction of sp³-hybridized carbons (Fsp3) is 0.579. The second-order valence-electron chi connectivity index (χ2n) is 6.72. The number of halogens is 3. The van der Waals surface area contributed by atoms with Crippen LogP contribution in [0.1, 0.15) is 49.7 Å². The Balaban J connectivity index is 1.68.